The fourth-order valence-corrected chi connectivity index (χ4v) is 5.19. The average Bonchev–Trinajstić information content (AvgIpc) is 3.11. The van der Waals surface area contributed by atoms with Crippen LogP contribution >= 0.6 is 0 Å². The number of benzene rings is 1. The van der Waals surface area contributed by atoms with E-state index in [-0.39, 0.29) is 4.90 Å². The fourth-order valence-electron chi connectivity index (χ4n) is 3.62. The van der Waals surface area contributed by atoms with E-state index >= 15 is 0 Å². The number of para-hydroxylation sites is 1. The van der Waals surface area contributed by atoms with Crippen LogP contribution in [0.15, 0.2) is 47.6 Å². The lowest BCUT2D eigenvalue weighted by atomic mass is 10.3. The number of anilines is 1. The summed E-state index contributed by atoms with van der Waals surface area (Å²) in [5, 5.41) is 4.47. The third-order valence-corrected chi connectivity index (χ3v) is 7.05. The van der Waals surface area contributed by atoms with Gasteiger partial charge in [-0.05, 0) is 32.0 Å². The number of methoxy groups -OCH3 is 1. The predicted octanol–water partition coefficient (Wildman–Crippen LogP) is 1.80. The fraction of sp³-hybridized carbons (Fsp3) is 0.350. The van der Waals surface area contributed by atoms with E-state index in [2.05, 4.69) is 20.0 Å². The number of nitrogens with zero attached hydrogens (tertiary/aromatic N) is 6. The minimum Gasteiger partial charge on any atom is -0.495 e. The highest BCUT2D eigenvalue weighted by Gasteiger charge is 2.31. The molecular formula is C20H24N6O3S. The Morgan fingerprint density at radius 1 is 0.967 bits per heavy atom. The molecule has 0 radical (unpaired) electrons. The molecule has 1 aromatic carbocycles. The lowest BCUT2D eigenvalue weighted by Gasteiger charge is -2.34. The Kier molecular flexibility index (Phi) is 5.44. The summed E-state index contributed by atoms with van der Waals surface area (Å²) < 4.78 is 34.7. The molecule has 1 fully saturated rings. The number of ether oxygens (including phenoxy) is 1. The van der Waals surface area contributed by atoms with Crippen molar-refractivity contribution in [2.24, 2.45) is 0 Å². The Balaban J connectivity index is 1.51. The van der Waals surface area contributed by atoms with Gasteiger partial charge in [0.05, 0.1) is 12.8 Å². The van der Waals surface area contributed by atoms with E-state index in [0.29, 0.717) is 37.7 Å². The Morgan fingerprint density at radius 3 is 2.33 bits per heavy atom. The van der Waals surface area contributed by atoms with Gasteiger partial charge >= 0.3 is 0 Å². The Labute approximate surface area is 176 Å². The largest absolute Gasteiger partial charge is 0.495 e. The van der Waals surface area contributed by atoms with E-state index in [9.17, 15) is 8.42 Å². The molecule has 0 unspecified atom stereocenters. The van der Waals surface area contributed by atoms with Crippen molar-refractivity contribution in [3.63, 3.8) is 0 Å². The second kappa shape index (κ2) is 8.04. The van der Waals surface area contributed by atoms with Crippen LogP contribution in [0.3, 0.4) is 0 Å². The monoisotopic (exact) mass is 428 g/mol. The molecule has 0 aliphatic carbocycles. The van der Waals surface area contributed by atoms with Gasteiger partial charge in [0.2, 0.25) is 10.0 Å². The molecule has 1 aliphatic rings. The maximum Gasteiger partial charge on any atom is 0.246 e. The lowest BCUT2D eigenvalue weighted by Crippen LogP contribution is -2.49. The summed E-state index contributed by atoms with van der Waals surface area (Å²) in [5.41, 5.74) is 1.91. The first kappa shape index (κ1) is 20.3. The molecule has 3 aromatic rings. The van der Waals surface area contributed by atoms with E-state index in [0.717, 1.165) is 17.2 Å². The molecule has 1 saturated heterocycles. The Bertz CT molecular complexity index is 1150. The van der Waals surface area contributed by atoms with Gasteiger partial charge in [0, 0.05) is 37.9 Å². The number of hydrogen-bond acceptors (Lipinski definition) is 7. The van der Waals surface area contributed by atoms with Crippen LogP contribution in [0.4, 0.5) is 5.82 Å². The third kappa shape index (κ3) is 3.75. The Morgan fingerprint density at radius 2 is 1.67 bits per heavy atom. The van der Waals surface area contributed by atoms with Crippen molar-refractivity contribution in [1.82, 2.24) is 24.1 Å². The van der Waals surface area contributed by atoms with Crippen molar-refractivity contribution in [1.29, 1.82) is 0 Å². The number of aromatic nitrogens is 4. The molecular weight excluding hydrogens is 404 g/mol. The number of rotatable bonds is 5. The van der Waals surface area contributed by atoms with Gasteiger partial charge in [0.15, 0.2) is 5.82 Å². The van der Waals surface area contributed by atoms with Gasteiger partial charge < -0.3 is 9.64 Å². The summed E-state index contributed by atoms with van der Waals surface area (Å²) in [5.74, 6) is 1.79. The first-order valence-electron chi connectivity index (χ1n) is 9.64. The number of sulfonamides is 1. The highest BCUT2D eigenvalue weighted by Crippen LogP contribution is 2.27. The first-order chi connectivity index (χ1) is 14.4. The molecule has 4 rings (SSSR count). The van der Waals surface area contributed by atoms with Crippen LogP contribution in [-0.4, -0.2) is 65.8 Å². The van der Waals surface area contributed by atoms with Gasteiger partial charge in [-0.25, -0.2) is 23.1 Å². The van der Waals surface area contributed by atoms with Crippen LogP contribution in [0, 0.1) is 13.8 Å². The number of hydrogen-bond donors (Lipinski definition) is 0. The Hall–Kier alpha value is -2.98. The molecule has 158 valence electrons. The van der Waals surface area contributed by atoms with Gasteiger partial charge in [-0.2, -0.15) is 9.40 Å². The SMILES string of the molecule is COc1ccccc1S(=O)(=O)N1CCN(c2cc(-n3nc(C)cc3C)ncn2)CC1. The molecule has 0 bridgehead atoms. The third-order valence-electron chi connectivity index (χ3n) is 5.11. The normalized spacial score (nSPS) is 15.4. The zero-order valence-electron chi connectivity index (χ0n) is 17.2. The van der Waals surface area contributed by atoms with Crippen molar-refractivity contribution < 1.29 is 13.2 Å². The zero-order valence-corrected chi connectivity index (χ0v) is 18.0. The van der Waals surface area contributed by atoms with E-state index in [1.807, 2.05) is 26.0 Å². The van der Waals surface area contributed by atoms with Crippen molar-refractivity contribution in [2.75, 3.05) is 38.2 Å². The minimum atomic E-state index is -3.63. The highest BCUT2D eigenvalue weighted by molar-refractivity contribution is 7.89. The van der Waals surface area contributed by atoms with E-state index in [1.165, 1.54) is 17.7 Å². The molecule has 0 saturated carbocycles. The van der Waals surface area contributed by atoms with E-state index in [1.54, 1.807) is 28.9 Å². The van der Waals surface area contributed by atoms with Gasteiger partial charge in [-0.15, -0.1) is 0 Å². The predicted molar refractivity (Wildman–Crippen MR) is 113 cm³/mol. The number of aryl methyl sites for hydroxylation is 2. The second-order valence-corrected chi connectivity index (χ2v) is 9.02. The topological polar surface area (TPSA) is 93.5 Å². The van der Waals surface area contributed by atoms with Crippen LogP contribution in [0.1, 0.15) is 11.4 Å². The molecule has 2 aromatic heterocycles. The second-order valence-electron chi connectivity index (χ2n) is 7.12. The van der Waals surface area contributed by atoms with Crippen molar-refractivity contribution in [2.45, 2.75) is 18.7 Å². The highest BCUT2D eigenvalue weighted by atomic mass is 32.2. The number of piperazine rings is 1. The maximum atomic E-state index is 13.1. The summed E-state index contributed by atoms with van der Waals surface area (Å²) in [4.78, 5) is 11.0. The van der Waals surface area contributed by atoms with Gasteiger partial charge in [-0.1, -0.05) is 12.1 Å². The van der Waals surface area contributed by atoms with Crippen LogP contribution in [0.2, 0.25) is 0 Å². The smallest absolute Gasteiger partial charge is 0.246 e. The van der Waals surface area contributed by atoms with Crippen molar-refractivity contribution in [3.8, 4) is 11.6 Å². The van der Waals surface area contributed by atoms with Gasteiger partial charge in [0.25, 0.3) is 0 Å². The van der Waals surface area contributed by atoms with Crippen molar-refractivity contribution >= 4 is 15.8 Å². The summed E-state index contributed by atoms with van der Waals surface area (Å²) >= 11 is 0. The van der Waals surface area contributed by atoms with E-state index < -0.39 is 10.0 Å². The summed E-state index contributed by atoms with van der Waals surface area (Å²) in [6.45, 7) is 5.69. The van der Waals surface area contributed by atoms with Crippen LogP contribution in [0.25, 0.3) is 5.82 Å². The van der Waals surface area contributed by atoms with Gasteiger partial charge in [0.1, 0.15) is 22.8 Å². The minimum absolute atomic E-state index is 0.190. The molecule has 30 heavy (non-hydrogen) atoms. The average molecular weight is 429 g/mol. The van der Waals surface area contributed by atoms with E-state index in [4.69, 9.17) is 4.74 Å². The van der Waals surface area contributed by atoms with Crippen molar-refractivity contribution in [3.05, 3.63) is 54.1 Å². The molecule has 0 N–H and O–H groups in total. The quantitative estimate of drug-likeness (QED) is 0.612. The van der Waals surface area contributed by atoms with Crippen LogP contribution in [0.5, 0.6) is 5.75 Å². The first-order valence-corrected chi connectivity index (χ1v) is 11.1. The molecule has 3 heterocycles. The van der Waals surface area contributed by atoms with Gasteiger partial charge in [-0.3, -0.25) is 0 Å². The van der Waals surface area contributed by atoms with Crippen LogP contribution in [-0.2, 0) is 10.0 Å². The van der Waals surface area contributed by atoms with Crippen LogP contribution < -0.4 is 9.64 Å². The summed E-state index contributed by atoms with van der Waals surface area (Å²) in [6.07, 6.45) is 1.51. The lowest BCUT2D eigenvalue weighted by molar-refractivity contribution is 0.373. The standard InChI is InChI=1S/C20H24N6O3S/c1-15-12-16(2)26(23-15)20-13-19(21-14-22-20)24-8-10-25(11-9-24)30(27,28)18-7-5-4-6-17(18)29-3/h4-7,12-14H,8-11H2,1-3H3. The molecule has 0 amide bonds. The summed E-state index contributed by atoms with van der Waals surface area (Å²) in [6, 6.07) is 10.6. The molecule has 1 aliphatic heterocycles. The molecule has 0 atom stereocenters. The maximum absolute atomic E-state index is 13.1. The molecule has 9 nitrogen and oxygen atoms in total. The summed E-state index contributed by atoms with van der Waals surface area (Å²) in [7, 11) is -2.16. The molecule has 0 spiro atoms. The molecule has 10 heteroatoms. The zero-order chi connectivity index (χ0) is 21.3.